The number of hydrogen-bond donors (Lipinski definition) is 2. The van der Waals surface area contributed by atoms with Crippen molar-refractivity contribution in [2.75, 3.05) is 45.1 Å². The van der Waals surface area contributed by atoms with Crippen LogP contribution in [0.1, 0.15) is 54.0 Å². The second-order valence-electron chi connectivity index (χ2n) is 8.32. The summed E-state index contributed by atoms with van der Waals surface area (Å²) in [6, 6.07) is 12.6. The molecule has 2 aliphatic rings. The van der Waals surface area contributed by atoms with Crippen LogP contribution in [0, 0.1) is 5.92 Å². The van der Waals surface area contributed by atoms with E-state index >= 15 is 0 Å². The van der Waals surface area contributed by atoms with E-state index in [1.54, 1.807) is 0 Å². The molecule has 0 aliphatic carbocycles. The molecule has 3 unspecified atom stereocenters. The van der Waals surface area contributed by atoms with Crippen LogP contribution in [0.5, 0.6) is 0 Å². The molecule has 1 saturated heterocycles. The summed E-state index contributed by atoms with van der Waals surface area (Å²) in [5, 5.41) is 7.37. The molecule has 2 aromatic rings. The van der Waals surface area contributed by atoms with Crippen molar-refractivity contribution in [3.8, 4) is 0 Å². The predicted molar refractivity (Wildman–Crippen MR) is 121 cm³/mol. The minimum Gasteiger partial charge on any atom is -0.376 e. The Bertz CT molecular complexity index is 867. The van der Waals surface area contributed by atoms with Gasteiger partial charge in [-0.3, -0.25) is 9.78 Å². The van der Waals surface area contributed by atoms with Gasteiger partial charge in [-0.05, 0) is 62.0 Å². The third-order valence-electron chi connectivity index (χ3n) is 6.64. The monoisotopic (exact) mass is 407 g/mol. The maximum atomic E-state index is 13.1. The van der Waals surface area contributed by atoms with Crippen LogP contribution in [0.3, 0.4) is 0 Å². The number of likely N-dealkylation sites (N-methyl/N-ethyl adjacent to an activating group) is 2. The van der Waals surface area contributed by atoms with Crippen molar-refractivity contribution < 1.29 is 4.79 Å². The van der Waals surface area contributed by atoms with Crippen LogP contribution in [0.15, 0.2) is 42.6 Å². The minimum atomic E-state index is 0.0892. The van der Waals surface area contributed by atoms with Gasteiger partial charge >= 0.3 is 0 Å². The lowest BCUT2D eigenvalue weighted by Crippen LogP contribution is -2.36. The van der Waals surface area contributed by atoms with E-state index in [4.69, 9.17) is 0 Å². The van der Waals surface area contributed by atoms with E-state index in [9.17, 15) is 4.79 Å². The van der Waals surface area contributed by atoms with Gasteiger partial charge in [-0.25, -0.2) is 0 Å². The number of nitrogens with one attached hydrogen (secondary N) is 2. The summed E-state index contributed by atoms with van der Waals surface area (Å²) in [6.45, 7) is 8.96. The van der Waals surface area contributed by atoms with Gasteiger partial charge in [0.15, 0.2) is 0 Å². The van der Waals surface area contributed by atoms with E-state index in [0.29, 0.717) is 5.92 Å². The van der Waals surface area contributed by atoms with Crippen molar-refractivity contribution in [2.45, 2.75) is 32.4 Å². The van der Waals surface area contributed by atoms with Crippen LogP contribution in [0.2, 0.25) is 0 Å². The Balaban J connectivity index is 1.54. The summed E-state index contributed by atoms with van der Waals surface area (Å²) in [7, 11) is 1.90. The average molecular weight is 408 g/mol. The van der Waals surface area contributed by atoms with Crippen molar-refractivity contribution >= 4 is 11.6 Å². The van der Waals surface area contributed by atoms with E-state index in [0.717, 1.165) is 56.1 Å². The first kappa shape index (κ1) is 20.8. The number of anilines is 1. The first-order chi connectivity index (χ1) is 14.6. The third kappa shape index (κ3) is 4.07. The molecule has 3 atom stereocenters. The number of amides is 1. The van der Waals surface area contributed by atoms with Crippen molar-refractivity contribution in [3.63, 3.8) is 0 Å². The lowest BCUT2D eigenvalue weighted by Gasteiger charge is -2.37. The van der Waals surface area contributed by atoms with Gasteiger partial charge in [-0.2, -0.15) is 0 Å². The fraction of sp³-hybridized carbons (Fsp3) is 0.500. The molecule has 0 radical (unpaired) electrons. The molecule has 1 aromatic heterocycles. The Morgan fingerprint density at radius 2 is 1.97 bits per heavy atom. The standard InChI is InChI=1S/C24H33N5O/c1-4-29(5-2)15-14-28(3)24(30)17-9-10-20-19(16-17)22-18(11-13-26-22)23(27-20)21-8-6-7-12-25-21/h6-10,12,16,18,22-23,26-27H,4-5,11,13-15H2,1-3H3. The Hall–Kier alpha value is -2.44. The Kier molecular flexibility index (Phi) is 6.35. The van der Waals surface area contributed by atoms with E-state index in [1.165, 1.54) is 5.56 Å². The summed E-state index contributed by atoms with van der Waals surface area (Å²) in [5.41, 5.74) is 4.15. The zero-order valence-electron chi connectivity index (χ0n) is 18.3. The molecule has 30 heavy (non-hydrogen) atoms. The first-order valence-electron chi connectivity index (χ1n) is 11.1. The van der Waals surface area contributed by atoms with Crippen LogP contribution in [-0.4, -0.2) is 60.5 Å². The molecule has 6 heteroatoms. The number of benzene rings is 1. The molecule has 1 aromatic carbocycles. The number of nitrogens with zero attached hydrogens (tertiary/aromatic N) is 3. The zero-order valence-corrected chi connectivity index (χ0v) is 18.3. The average Bonchev–Trinajstić information content (AvgIpc) is 3.29. The predicted octanol–water partition coefficient (Wildman–Crippen LogP) is 3.31. The third-order valence-corrected chi connectivity index (χ3v) is 6.64. The van der Waals surface area contributed by atoms with Gasteiger partial charge in [-0.15, -0.1) is 0 Å². The maximum absolute atomic E-state index is 13.1. The van der Waals surface area contributed by atoms with E-state index < -0.39 is 0 Å². The molecule has 2 N–H and O–H groups in total. The normalized spacial score (nSPS) is 22.3. The molecular formula is C24H33N5O. The summed E-state index contributed by atoms with van der Waals surface area (Å²) >= 11 is 0. The Morgan fingerprint density at radius 3 is 2.70 bits per heavy atom. The smallest absolute Gasteiger partial charge is 0.253 e. The van der Waals surface area contributed by atoms with Crippen molar-refractivity contribution in [3.05, 3.63) is 59.4 Å². The maximum Gasteiger partial charge on any atom is 0.253 e. The van der Waals surface area contributed by atoms with Gasteiger partial charge in [0.05, 0.1) is 11.7 Å². The summed E-state index contributed by atoms with van der Waals surface area (Å²) in [4.78, 5) is 21.8. The highest BCUT2D eigenvalue weighted by molar-refractivity contribution is 5.95. The Labute approximate surface area is 179 Å². The number of aromatic nitrogens is 1. The molecule has 1 fully saturated rings. The van der Waals surface area contributed by atoms with Gasteiger partial charge in [0.2, 0.25) is 0 Å². The topological polar surface area (TPSA) is 60.5 Å². The van der Waals surface area contributed by atoms with Crippen LogP contribution in [0.25, 0.3) is 0 Å². The molecule has 160 valence electrons. The number of hydrogen-bond acceptors (Lipinski definition) is 5. The molecule has 3 heterocycles. The first-order valence-corrected chi connectivity index (χ1v) is 11.1. The Morgan fingerprint density at radius 1 is 1.13 bits per heavy atom. The highest BCUT2D eigenvalue weighted by Gasteiger charge is 2.41. The number of pyridine rings is 1. The SMILES string of the molecule is CCN(CC)CCN(C)C(=O)c1ccc2c(c1)C1NCCC1C(c1ccccn1)N2. The van der Waals surface area contributed by atoms with Crippen molar-refractivity contribution in [1.29, 1.82) is 0 Å². The molecule has 0 bridgehead atoms. The van der Waals surface area contributed by atoms with E-state index in [2.05, 4.69) is 52.6 Å². The van der Waals surface area contributed by atoms with Crippen molar-refractivity contribution in [2.24, 2.45) is 5.92 Å². The minimum absolute atomic E-state index is 0.0892. The molecule has 1 amide bonds. The molecule has 6 nitrogen and oxygen atoms in total. The second kappa shape index (κ2) is 9.14. The lowest BCUT2D eigenvalue weighted by atomic mass is 9.81. The van der Waals surface area contributed by atoms with Crippen LogP contribution >= 0.6 is 0 Å². The summed E-state index contributed by atoms with van der Waals surface area (Å²) in [6.07, 6.45) is 2.96. The van der Waals surface area contributed by atoms with Gasteiger partial charge in [0.1, 0.15) is 0 Å². The van der Waals surface area contributed by atoms with E-state index in [-0.39, 0.29) is 18.0 Å². The summed E-state index contributed by atoms with van der Waals surface area (Å²) < 4.78 is 0. The molecule has 2 aliphatic heterocycles. The van der Waals surface area contributed by atoms with Crippen molar-refractivity contribution in [1.82, 2.24) is 20.1 Å². The van der Waals surface area contributed by atoms with Gasteiger partial charge in [0.25, 0.3) is 5.91 Å². The van der Waals surface area contributed by atoms with Crippen LogP contribution < -0.4 is 10.6 Å². The molecule has 0 spiro atoms. The van der Waals surface area contributed by atoms with Gasteiger partial charge < -0.3 is 20.4 Å². The summed E-state index contributed by atoms with van der Waals surface area (Å²) in [5.74, 6) is 0.518. The highest BCUT2D eigenvalue weighted by Crippen LogP contribution is 2.47. The number of fused-ring (bicyclic) bond motifs is 3. The largest absolute Gasteiger partial charge is 0.376 e. The zero-order chi connectivity index (χ0) is 21.1. The van der Waals surface area contributed by atoms with Crippen LogP contribution in [-0.2, 0) is 0 Å². The molecule has 0 saturated carbocycles. The second-order valence-corrected chi connectivity index (χ2v) is 8.32. The molecule has 4 rings (SSSR count). The fourth-order valence-electron chi connectivity index (χ4n) is 4.79. The number of carbonyl (C=O) groups excluding carboxylic acids is 1. The lowest BCUT2D eigenvalue weighted by molar-refractivity contribution is 0.0779. The van der Waals surface area contributed by atoms with Gasteiger partial charge in [-0.1, -0.05) is 19.9 Å². The fourth-order valence-corrected chi connectivity index (χ4v) is 4.79. The number of rotatable bonds is 7. The highest BCUT2D eigenvalue weighted by atomic mass is 16.2. The molecular weight excluding hydrogens is 374 g/mol. The van der Waals surface area contributed by atoms with Crippen LogP contribution in [0.4, 0.5) is 5.69 Å². The quantitative estimate of drug-likeness (QED) is 0.737. The van der Waals surface area contributed by atoms with Gasteiger partial charge in [0, 0.05) is 49.5 Å². The van der Waals surface area contributed by atoms with E-state index in [1.807, 2.05) is 36.3 Å². The number of carbonyl (C=O) groups is 1.